The zero-order valence-electron chi connectivity index (χ0n) is 10.3. The first-order valence-corrected chi connectivity index (χ1v) is 7.03. The van der Waals surface area contributed by atoms with Crippen molar-refractivity contribution in [2.24, 2.45) is 0 Å². The number of carbonyl (C=O) groups is 1. The summed E-state index contributed by atoms with van der Waals surface area (Å²) in [7, 11) is 0. The molecule has 0 saturated heterocycles. The van der Waals surface area contributed by atoms with Crippen LogP contribution in [0.15, 0.2) is 29.9 Å². The van der Waals surface area contributed by atoms with Crippen LogP contribution >= 0.6 is 11.3 Å². The van der Waals surface area contributed by atoms with Crippen molar-refractivity contribution < 1.29 is 4.79 Å². The van der Waals surface area contributed by atoms with E-state index in [9.17, 15) is 4.79 Å². The van der Waals surface area contributed by atoms with E-state index in [1.54, 1.807) is 17.8 Å². The van der Waals surface area contributed by atoms with E-state index in [4.69, 9.17) is 5.73 Å². The molecule has 2 aromatic rings. The fraction of sp³-hybridized carbons (Fsp3) is 0.308. The number of pyridine rings is 1. The van der Waals surface area contributed by atoms with Crippen LogP contribution in [0.2, 0.25) is 0 Å². The Morgan fingerprint density at radius 2 is 2.37 bits per heavy atom. The predicted molar refractivity (Wildman–Crippen MR) is 73.7 cm³/mol. The summed E-state index contributed by atoms with van der Waals surface area (Å²) in [5.74, 6) is -0.0423. The Bertz CT molecular complexity index is 579. The van der Waals surface area contributed by atoms with Gasteiger partial charge in [0.05, 0.1) is 0 Å². The third-order valence-corrected chi connectivity index (χ3v) is 3.74. The third-order valence-electron chi connectivity index (χ3n) is 3.07. The molecule has 0 spiro atoms. The number of rotatable bonds is 4. The van der Waals surface area contributed by atoms with Gasteiger partial charge in [-0.25, -0.2) is 4.98 Å². The summed E-state index contributed by atoms with van der Waals surface area (Å²) in [5, 5.41) is 2.15. The number of carbonyl (C=O) groups excluding carboxylic acids is 1. The van der Waals surface area contributed by atoms with Gasteiger partial charge in [0.25, 0.3) is 5.91 Å². The first-order valence-electron chi connectivity index (χ1n) is 6.15. The van der Waals surface area contributed by atoms with Gasteiger partial charge in [0.2, 0.25) is 0 Å². The smallest absolute Gasteiger partial charge is 0.273 e. The van der Waals surface area contributed by atoms with E-state index < -0.39 is 0 Å². The molecule has 1 amide bonds. The quantitative estimate of drug-likeness (QED) is 0.924. The third kappa shape index (κ3) is 2.73. The van der Waals surface area contributed by atoms with E-state index in [2.05, 4.69) is 9.97 Å². The number of nitrogens with zero attached hydrogens (tertiary/aromatic N) is 3. The first-order chi connectivity index (χ1) is 9.24. The van der Waals surface area contributed by atoms with Gasteiger partial charge in [-0.1, -0.05) is 6.07 Å². The molecular weight excluding hydrogens is 260 g/mol. The topological polar surface area (TPSA) is 72.1 Å². The molecule has 1 aliphatic rings. The number of thiazole rings is 1. The van der Waals surface area contributed by atoms with Gasteiger partial charge in [-0.15, -0.1) is 11.3 Å². The molecule has 0 bridgehead atoms. The lowest BCUT2D eigenvalue weighted by atomic mass is 10.2. The number of hydrogen-bond acceptors (Lipinski definition) is 5. The van der Waals surface area contributed by atoms with Gasteiger partial charge in [0.1, 0.15) is 5.69 Å². The van der Waals surface area contributed by atoms with Crippen molar-refractivity contribution in [1.29, 1.82) is 0 Å². The average Bonchev–Trinajstić information content (AvgIpc) is 3.18. The molecule has 1 saturated carbocycles. The summed E-state index contributed by atoms with van der Waals surface area (Å²) in [6.45, 7) is 0.578. The van der Waals surface area contributed by atoms with Gasteiger partial charge in [-0.05, 0) is 24.5 Å². The molecule has 0 atom stereocenters. The van der Waals surface area contributed by atoms with E-state index in [0.29, 0.717) is 23.4 Å². The highest BCUT2D eigenvalue weighted by Gasteiger charge is 2.33. The maximum Gasteiger partial charge on any atom is 0.273 e. The molecule has 98 valence electrons. The first kappa shape index (κ1) is 12.1. The second-order valence-corrected chi connectivity index (χ2v) is 5.49. The highest BCUT2D eigenvalue weighted by molar-refractivity contribution is 7.13. The zero-order chi connectivity index (χ0) is 13.2. The van der Waals surface area contributed by atoms with Crippen molar-refractivity contribution in [2.45, 2.75) is 25.4 Å². The Kier molecular flexibility index (Phi) is 3.16. The van der Waals surface area contributed by atoms with Gasteiger partial charge in [0.15, 0.2) is 5.13 Å². The molecular formula is C13H14N4OS. The average molecular weight is 274 g/mol. The summed E-state index contributed by atoms with van der Waals surface area (Å²) in [4.78, 5) is 22.5. The van der Waals surface area contributed by atoms with Gasteiger partial charge in [-0.3, -0.25) is 9.78 Å². The molecule has 2 N–H and O–H groups in total. The minimum Gasteiger partial charge on any atom is -0.375 e. The van der Waals surface area contributed by atoms with Crippen molar-refractivity contribution in [3.63, 3.8) is 0 Å². The molecule has 5 nitrogen and oxygen atoms in total. The lowest BCUT2D eigenvalue weighted by molar-refractivity contribution is 0.0724. The highest BCUT2D eigenvalue weighted by atomic mass is 32.1. The van der Waals surface area contributed by atoms with Crippen molar-refractivity contribution in [2.75, 3.05) is 5.73 Å². The van der Waals surface area contributed by atoms with Gasteiger partial charge in [0, 0.05) is 30.4 Å². The zero-order valence-corrected chi connectivity index (χ0v) is 11.1. The monoisotopic (exact) mass is 274 g/mol. The molecule has 0 aromatic carbocycles. The van der Waals surface area contributed by atoms with Crippen LogP contribution in [-0.4, -0.2) is 26.8 Å². The second-order valence-electron chi connectivity index (χ2n) is 4.60. The van der Waals surface area contributed by atoms with Crippen LogP contribution in [0.4, 0.5) is 5.13 Å². The van der Waals surface area contributed by atoms with Crippen molar-refractivity contribution >= 4 is 22.4 Å². The Labute approximate surface area is 115 Å². The summed E-state index contributed by atoms with van der Waals surface area (Å²) >= 11 is 1.30. The van der Waals surface area contributed by atoms with Crippen molar-refractivity contribution in [1.82, 2.24) is 14.9 Å². The van der Waals surface area contributed by atoms with Crippen molar-refractivity contribution in [3.8, 4) is 0 Å². The second kappa shape index (κ2) is 4.97. The van der Waals surface area contributed by atoms with E-state index in [1.165, 1.54) is 11.3 Å². The van der Waals surface area contributed by atoms with Gasteiger partial charge < -0.3 is 10.6 Å². The van der Waals surface area contributed by atoms with Crippen LogP contribution in [0.3, 0.4) is 0 Å². The molecule has 0 radical (unpaired) electrons. The summed E-state index contributed by atoms with van der Waals surface area (Å²) < 4.78 is 0. The largest absolute Gasteiger partial charge is 0.375 e. The molecule has 1 aliphatic carbocycles. The van der Waals surface area contributed by atoms with E-state index in [-0.39, 0.29) is 5.91 Å². The number of aromatic nitrogens is 2. The fourth-order valence-corrected chi connectivity index (χ4v) is 2.51. The number of nitrogens with two attached hydrogens (primary N) is 1. The van der Waals surface area contributed by atoms with Crippen LogP contribution in [0, 0.1) is 0 Å². The normalized spacial score (nSPS) is 14.3. The molecule has 2 aromatic heterocycles. The van der Waals surface area contributed by atoms with Gasteiger partial charge >= 0.3 is 0 Å². The van der Waals surface area contributed by atoms with E-state index in [1.807, 2.05) is 17.0 Å². The number of hydrogen-bond donors (Lipinski definition) is 1. The maximum atomic E-state index is 12.4. The molecule has 6 heteroatoms. The Morgan fingerprint density at radius 3 is 2.95 bits per heavy atom. The van der Waals surface area contributed by atoms with Gasteiger partial charge in [-0.2, -0.15) is 0 Å². The SMILES string of the molecule is Nc1nc(C(=O)N(Cc2cccnc2)C2CC2)cs1. The van der Waals surface area contributed by atoms with Crippen LogP contribution in [0.1, 0.15) is 28.9 Å². The summed E-state index contributed by atoms with van der Waals surface area (Å²) in [6, 6.07) is 4.19. The standard InChI is InChI=1S/C13H14N4OS/c14-13-16-11(8-19-13)12(18)17(10-3-4-10)7-9-2-1-5-15-6-9/h1-2,5-6,8,10H,3-4,7H2,(H2,14,16). The lowest BCUT2D eigenvalue weighted by Crippen LogP contribution is -2.32. The lowest BCUT2D eigenvalue weighted by Gasteiger charge is -2.21. The molecule has 1 fully saturated rings. The van der Waals surface area contributed by atoms with Crippen LogP contribution in [0.5, 0.6) is 0 Å². The van der Waals surface area contributed by atoms with E-state index >= 15 is 0 Å². The number of amides is 1. The Balaban J connectivity index is 1.79. The molecule has 2 heterocycles. The highest BCUT2D eigenvalue weighted by Crippen LogP contribution is 2.30. The molecule has 19 heavy (non-hydrogen) atoms. The fourth-order valence-electron chi connectivity index (χ4n) is 1.97. The molecule has 0 aliphatic heterocycles. The minimum atomic E-state index is -0.0423. The molecule has 0 unspecified atom stereocenters. The Morgan fingerprint density at radius 1 is 1.53 bits per heavy atom. The van der Waals surface area contributed by atoms with Crippen molar-refractivity contribution in [3.05, 3.63) is 41.2 Å². The predicted octanol–water partition coefficient (Wildman–Crippen LogP) is 1.93. The van der Waals surface area contributed by atoms with Crippen LogP contribution in [-0.2, 0) is 6.54 Å². The maximum absolute atomic E-state index is 12.4. The number of anilines is 1. The minimum absolute atomic E-state index is 0.0423. The summed E-state index contributed by atoms with van der Waals surface area (Å²) in [6.07, 6.45) is 5.64. The van der Waals surface area contributed by atoms with E-state index in [0.717, 1.165) is 18.4 Å². The van der Waals surface area contributed by atoms with Crippen LogP contribution < -0.4 is 5.73 Å². The Hall–Kier alpha value is -1.95. The summed E-state index contributed by atoms with van der Waals surface area (Å²) in [5.41, 5.74) is 7.06. The molecule has 3 rings (SSSR count). The number of nitrogen functional groups attached to an aromatic ring is 1. The van der Waals surface area contributed by atoms with Crippen LogP contribution in [0.25, 0.3) is 0 Å².